The number of halogens is 2. The maximum atomic E-state index is 14.1. The molecule has 1 rings (SSSR count). The molecule has 15 heavy (non-hydrogen) atoms. The standard InChI is InChI=1S/C11H15BrFNO/c1-11(13,7-14-2)8-4-5-10(15-3)9(12)6-8/h4-6,14H,7H2,1-3H3. The molecule has 1 aromatic rings. The highest BCUT2D eigenvalue weighted by Crippen LogP contribution is 2.32. The highest BCUT2D eigenvalue weighted by molar-refractivity contribution is 9.10. The van der Waals surface area contributed by atoms with Gasteiger partial charge in [-0.1, -0.05) is 6.07 Å². The molecule has 84 valence electrons. The fourth-order valence-electron chi connectivity index (χ4n) is 1.42. The van der Waals surface area contributed by atoms with Gasteiger partial charge in [-0.05, 0) is 47.6 Å². The van der Waals surface area contributed by atoms with E-state index in [9.17, 15) is 4.39 Å². The molecule has 0 aliphatic heterocycles. The molecule has 0 saturated carbocycles. The Labute approximate surface area is 98.0 Å². The molecule has 0 radical (unpaired) electrons. The number of ether oxygens (including phenoxy) is 1. The molecule has 0 fully saturated rings. The highest BCUT2D eigenvalue weighted by atomic mass is 79.9. The summed E-state index contributed by atoms with van der Waals surface area (Å²) in [4.78, 5) is 0. The van der Waals surface area contributed by atoms with Crippen molar-refractivity contribution in [2.75, 3.05) is 20.7 Å². The van der Waals surface area contributed by atoms with E-state index in [0.717, 1.165) is 4.47 Å². The van der Waals surface area contributed by atoms with Gasteiger partial charge in [-0.2, -0.15) is 0 Å². The van der Waals surface area contributed by atoms with Gasteiger partial charge in [-0.3, -0.25) is 0 Å². The summed E-state index contributed by atoms with van der Waals surface area (Å²) >= 11 is 3.34. The number of nitrogens with one attached hydrogen (secondary N) is 1. The third-order valence-corrected chi connectivity index (χ3v) is 2.88. The van der Waals surface area contributed by atoms with E-state index in [1.54, 1.807) is 39.3 Å². The van der Waals surface area contributed by atoms with Crippen LogP contribution in [0.25, 0.3) is 0 Å². The molecular formula is C11H15BrFNO. The van der Waals surface area contributed by atoms with Gasteiger partial charge < -0.3 is 10.1 Å². The van der Waals surface area contributed by atoms with E-state index in [4.69, 9.17) is 4.74 Å². The first-order chi connectivity index (χ1) is 7.01. The van der Waals surface area contributed by atoms with Gasteiger partial charge in [-0.15, -0.1) is 0 Å². The summed E-state index contributed by atoms with van der Waals surface area (Å²) in [5.41, 5.74) is -0.742. The van der Waals surface area contributed by atoms with Gasteiger partial charge in [0.05, 0.1) is 11.6 Å². The molecule has 0 aromatic heterocycles. The van der Waals surface area contributed by atoms with Crippen LogP contribution < -0.4 is 10.1 Å². The molecule has 4 heteroatoms. The first kappa shape index (κ1) is 12.5. The average Bonchev–Trinajstić information content (AvgIpc) is 2.17. The Bertz CT molecular complexity index is 341. The number of methoxy groups -OCH3 is 1. The Hall–Kier alpha value is -0.610. The molecule has 2 nitrogen and oxygen atoms in total. The van der Waals surface area contributed by atoms with Crippen LogP contribution in [0.4, 0.5) is 4.39 Å². The second kappa shape index (κ2) is 4.94. The lowest BCUT2D eigenvalue weighted by Gasteiger charge is -2.21. The van der Waals surface area contributed by atoms with Crippen LogP contribution in [0, 0.1) is 0 Å². The molecule has 1 atom stereocenters. The summed E-state index contributed by atoms with van der Waals surface area (Å²) < 4.78 is 20.0. The highest BCUT2D eigenvalue weighted by Gasteiger charge is 2.25. The largest absolute Gasteiger partial charge is 0.496 e. The summed E-state index contributed by atoms with van der Waals surface area (Å²) in [6.07, 6.45) is 0. The summed E-state index contributed by atoms with van der Waals surface area (Å²) in [5.74, 6) is 0.707. The summed E-state index contributed by atoms with van der Waals surface area (Å²) in [5, 5.41) is 2.83. The van der Waals surface area contributed by atoms with Crippen LogP contribution in [0.15, 0.2) is 22.7 Å². The van der Waals surface area contributed by atoms with E-state index in [1.165, 1.54) is 0 Å². The number of rotatable bonds is 4. The number of likely N-dealkylation sites (N-methyl/N-ethyl adjacent to an activating group) is 1. The van der Waals surface area contributed by atoms with Crippen LogP contribution >= 0.6 is 15.9 Å². The summed E-state index contributed by atoms with van der Waals surface area (Å²) in [6.45, 7) is 1.84. The van der Waals surface area contributed by atoms with Crippen molar-refractivity contribution in [1.82, 2.24) is 5.32 Å². The predicted octanol–water partition coefficient (Wildman–Crippen LogP) is 2.86. The smallest absolute Gasteiger partial charge is 0.145 e. The van der Waals surface area contributed by atoms with Gasteiger partial charge in [0.1, 0.15) is 11.4 Å². The molecule has 1 unspecified atom stereocenters. The average molecular weight is 276 g/mol. The van der Waals surface area contributed by atoms with Crippen molar-refractivity contribution in [2.45, 2.75) is 12.6 Å². The van der Waals surface area contributed by atoms with Crippen molar-refractivity contribution in [2.24, 2.45) is 0 Å². The lowest BCUT2D eigenvalue weighted by atomic mass is 9.98. The molecular weight excluding hydrogens is 261 g/mol. The molecule has 0 bridgehead atoms. The fourth-order valence-corrected chi connectivity index (χ4v) is 1.97. The lowest BCUT2D eigenvalue weighted by molar-refractivity contribution is 0.190. The first-order valence-electron chi connectivity index (χ1n) is 4.69. The maximum absolute atomic E-state index is 14.1. The Kier molecular flexibility index (Phi) is 4.11. The minimum atomic E-state index is -1.37. The Morgan fingerprint density at radius 1 is 1.53 bits per heavy atom. The second-order valence-corrected chi connectivity index (χ2v) is 4.43. The van der Waals surface area contributed by atoms with Crippen LogP contribution in [0.3, 0.4) is 0 Å². The topological polar surface area (TPSA) is 21.3 Å². The van der Waals surface area contributed by atoms with Gasteiger partial charge in [0.2, 0.25) is 0 Å². The molecule has 1 N–H and O–H groups in total. The summed E-state index contributed by atoms with van der Waals surface area (Å²) in [6, 6.07) is 5.24. The zero-order valence-corrected chi connectivity index (χ0v) is 10.7. The van der Waals surface area contributed by atoms with Crippen molar-refractivity contribution < 1.29 is 9.13 Å². The molecule has 1 aromatic carbocycles. The molecule has 0 spiro atoms. The quantitative estimate of drug-likeness (QED) is 0.913. The fraction of sp³-hybridized carbons (Fsp3) is 0.455. The van der Waals surface area contributed by atoms with E-state index in [0.29, 0.717) is 11.3 Å². The minimum Gasteiger partial charge on any atom is -0.496 e. The zero-order chi connectivity index (χ0) is 11.5. The number of hydrogen-bond acceptors (Lipinski definition) is 2. The third kappa shape index (κ3) is 2.92. The van der Waals surface area contributed by atoms with E-state index in [2.05, 4.69) is 21.2 Å². The van der Waals surface area contributed by atoms with Crippen LogP contribution in [0.1, 0.15) is 12.5 Å². The van der Waals surface area contributed by atoms with Gasteiger partial charge in [0, 0.05) is 6.54 Å². The van der Waals surface area contributed by atoms with E-state index < -0.39 is 5.67 Å². The third-order valence-electron chi connectivity index (χ3n) is 2.26. The van der Waals surface area contributed by atoms with E-state index in [-0.39, 0.29) is 6.54 Å². The van der Waals surface area contributed by atoms with Gasteiger partial charge in [0.15, 0.2) is 0 Å². The normalized spacial score (nSPS) is 14.7. The van der Waals surface area contributed by atoms with Crippen LogP contribution in [-0.4, -0.2) is 20.7 Å². The summed E-state index contributed by atoms with van der Waals surface area (Å²) in [7, 11) is 3.32. The van der Waals surface area contributed by atoms with Crippen LogP contribution in [0.2, 0.25) is 0 Å². The molecule has 0 heterocycles. The van der Waals surface area contributed by atoms with Crippen LogP contribution in [0.5, 0.6) is 5.75 Å². The molecule has 0 saturated heterocycles. The van der Waals surface area contributed by atoms with E-state index in [1.807, 2.05) is 0 Å². The van der Waals surface area contributed by atoms with Gasteiger partial charge in [0.25, 0.3) is 0 Å². The number of alkyl halides is 1. The minimum absolute atomic E-state index is 0.284. The maximum Gasteiger partial charge on any atom is 0.145 e. The molecule has 0 amide bonds. The van der Waals surface area contributed by atoms with Crippen molar-refractivity contribution in [3.8, 4) is 5.75 Å². The number of hydrogen-bond donors (Lipinski definition) is 1. The Balaban J connectivity index is 3.01. The zero-order valence-electron chi connectivity index (χ0n) is 9.10. The van der Waals surface area contributed by atoms with Crippen molar-refractivity contribution >= 4 is 15.9 Å². The number of benzene rings is 1. The molecule has 0 aliphatic carbocycles. The van der Waals surface area contributed by atoms with Crippen molar-refractivity contribution in [3.63, 3.8) is 0 Å². The van der Waals surface area contributed by atoms with E-state index >= 15 is 0 Å². The molecule has 0 aliphatic rings. The van der Waals surface area contributed by atoms with Crippen molar-refractivity contribution in [1.29, 1.82) is 0 Å². The first-order valence-corrected chi connectivity index (χ1v) is 5.48. The monoisotopic (exact) mass is 275 g/mol. The lowest BCUT2D eigenvalue weighted by Crippen LogP contribution is -2.29. The SMILES string of the molecule is CNCC(C)(F)c1ccc(OC)c(Br)c1. The van der Waals surface area contributed by atoms with Crippen LogP contribution in [-0.2, 0) is 5.67 Å². The predicted molar refractivity (Wildman–Crippen MR) is 63.1 cm³/mol. The van der Waals surface area contributed by atoms with Crippen molar-refractivity contribution in [3.05, 3.63) is 28.2 Å². The second-order valence-electron chi connectivity index (χ2n) is 3.58. The van der Waals surface area contributed by atoms with Gasteiger partial charge in [-0.25, -0.2) is 4.39 Å². The Morgan fingerprint density at radius 2 is 2.20 bits per heavy atom. The van der Waals surface area contributed by atoms with Gasteiger partial charge >= 0.3 is 0 Å². The Morgan fingerprint density at radius 3 is 2.67 bits per heavy atom.